The van der Waals surface area contributed by atoms with Gasteiger partial charge in [0.15, 0.2) is 5.82 Å². The van der Waals surface area contributed by atoms with E-state index in [1.165, 1.54) is 35.6 Å². The molecule has 4 aromatic rings. The van der Waals surface area contributed by atoms with Crippen LogP contribution in [0, 0.1) is 12.8 Å². The molecule has 3 aromatic heterocycles. The number of ether oxygens (including phenoxy) is 1. The first-order valence-electron chi connectivity index (χ1n) is 13.5. The van der Waals surface area contributed by atoms with E-state index in [1.807, 2.05) is 0 Å². The minimum absolute atomic E-state index is 0.209. The highest BCUT2D eigenvalue weighted by Crippen LogP contribution is 2.41. The molecular formula is C28H32F3N7O4S. The van der Waals surface area contributed by atoms with Gasteiger partial charge in [-0.3, -0.25) is 0 Å². The minimum atomic E-state index is -4.79. The molecule has 0 spiro atoms. The maximum absolute atomic E-state index is 12.6. The van der Waals surface area contributed by atoms with Gasteiger partial charge in [0, 0.05) is 12.1 Å². The number of nitrogens with two attached hydrogens (primary N) is 1. The van der Waals surface area contributed by atoms with Gasteiger partial charge in [0.1, 0.15) is 28.2 Å². The molecule has 5 atom stereocenters. The summed E-state index contributed by atoms with van der Waals surface area (Å²) in [5.41, 5.74) is 7.10. The summed E-state index contributed by atoms with van der Waals surface area (Å²) < 4.78 is 42.4. The lowest BCUT2D eigenvalue weighted by Gasteiger charge is -2.28. The summed E-state index contributed by atoms with van der Waals surface area (Å²) in [4.78, 5) is 18.1. The lowest BCUT2D eigenvalue weighted by molar-refractivity contribution is -0.274. The second-order valence-electron chi connectivity index (χ2n) is 11.1. The van der Waals surface area contributed by atoms with E-state index in [-0.39, 0.29) is 23.9 Å². The van der Waals surface area contributed by atoms with Crippen LogP contribution >= 0.6 is 11.3 Å². The number of thiazole rings is 1. The number of pyridine rings is 1. The van der Waals surface area contributed by atoms with E-state index in [2.05, 4.69) is 30.3 Å². The number of aryl methyl sites for hydroxylation is 1. The van der Waals surface area contributed by atoms with Crippen LogP contribution < -0.4 is 21.1 Å². The Hall–Kier alpha value is -3.79. The molecule has 1 aliphatic carbocycles. The van der Waals surface area contributed by atoms with Crippen molar-refractivity contribution in [1.29, 1.82) is 0 Å². The second kappa shape index (κ2) is 11.4. The molecule has 3 heterocycles. The fourth-order valence-corrected chi connectivity index (χ4v) is 6.34. The molecule has 5 rings (SSSR count). The standard InChI is InChI=1S/C28H32F3N7O4S/c1-12(14-5-7-15(8-6-14)42-28(29,30)31)34-26-35-13(2)19(25-37-20-18(43-25)9-10-33-23(20)32)24(38-26)36-17-11-16(27(3,4)41)21(39)22(17)40/h5-10,12,16-17,21-22,39-41H,11H2,1-4H3,(H2,32,33)(H2,34,35,36,38)/t12-,16+,17?,21-,22+/m1/s1. The van der Waals surface area contributed by atoms with E-state index in [0.29, 0.717) is 33.2 Å². The molecule has 1 aliphatic rings. The summed E-state index contributed by atoms with van der Waals surface area (Å²) in [5, 5.41) is 39.1. The molecule has 0 aliphatic heterocycles. The number of alkyl halides is 3. The van der Waals surface area contributed by atoms with Gasteiger partial charge in [-0.2, -0.15) is 4.98 Å². The second-order valence-corrected chi connectivity index (χ2v) is 12.2. The van der Waals surface area contributed by atoms with Crippen molar-refractivity contribution in [3.63, 3.8) is 0 Å². The first kappa shape index (κ1) is 30.7. The molecule has 1 fully saturated rings. The van der Waals surface area contributed by atoms with Crippen LogP contribution in [0.4, 0.5) is 30.8 Å². The lowest BCUT2D eigenvalue weighted by Crippen LogP contribution is -2.40. The predicted molar refractivity (Wildman–Crippen MR) is 157 cm³/mol. The number of nitrogens with one attached hydrogen (secondary N) is 2. The zero-order valence-corrected chi connectivity index (χ0v) is 24.5. The van der Waals surface area contributed by atoms with Gasteiger partial charge in [-0.1, -0.05) is 12.1 Å². The van der Waals surface area contributed by atoms with Gasteiger partial charge in [0.25, 0.3) is 0 Å². The monoisotopic (exact) mass is 619 g/mol. The Kier molecular flexibility index (Phi) is 8.11. The number of aliphatic hydroxyl groups is 3. The molecule has 0 saturated heterocycles. The summed E-state index contributed by atoms with van der Waals surface area (Å²) in [5.74, 6) is -0.119. The van der Waals surface area contributed by atoms with Gasteiger partial charge in [0.2, 0.25) is 5.95 Å². The van der Waals surface area contributed by atoms with Crippen LogP contribution in [-0.4, -0.2) is 65.5 Å². The quantitative estimate of drug-likeness (QED) is 0.165. The number of hydrogen-bond acceptors (Lipinski definition) is 12. The van der Waals surface area contributed by atoms with Gasteiger partial charge in [-0.05, 0) is 57.9 Å². The van der Waals surface area contributed by atoms with Crippen LogP contribution in [-0.2, 0) is 0 Å². The predicted octanol–water partition coefficient (Wildman–Crippen LogP) is 4.40. The number of nitrogens with zero attached hydrogens (tertiary/aromatic N) is 4. The molecule has 11 nitrogen and oxygen atoms in total. The largest absolute Gasteiger partial charge is 0.573 e. The molecule has 1 unspecified atom stereocenters. The van der Waals surface area contributed by atoms with Crippen molar-refractivity contribution < 1.29 is 33.2 Å². The first-order chi connectivity index (χ1) is 20.1. The van der Waals surface area contributed by atoms with Crippen LogP contribution in [0.1, 0.15) is 44.5 Å². The number of hydrogen-bond donors (Lipinski definition) is 6. The fourth-order valence-electron chi connectivity index (χ4n) is 5.27. The van der Waals surface area contributed by atoms with E-state index < -0.39 is 42.2 Å². The maximum Gasteiger partial charge on any atom is 0.573 e. The lowest BCUT2D eigenvalue weighted by atomic mass is 9.88. The zero-order valence-electron chi connectivity index (χ0n) is 23.7. The number of aliphatic hydroxyl groups excluding tert-OH is 2. The highest BCUT2D eigenvalue weighted by molar-refractivity contribution is 7.21. The van der Waals surface area contributed by atoms with Crippen molar-refractivity contribution in [1.82, 2.24) is 19.9 Å². The van der Waals surface area contributed by atoms with E-state index >= 15 is 0 Å². The van der Waals surface area contributed by atoms with E-state index in [4.69, 9.17) is 10.7 Å². The highest BCUT2D eigenvalue weighted by Gasteiger charge is 2.48. The Morgan fingerprint density at radius 3 is 2.37 bits per heavy atom. The van der Waals surface area contributed by atoms with E-state index in [1.54, 1.807) is 40.0 Å². The maximum atomic E-state index is 12.6. The van der Waals surface area contributed by atoms with Crippen LogP contribution in [0.15, 0.2) is 36.5 Å². The Bertz CT molecular complexity index is 1610. The van der Waals surface area contributed by atoms with Gasteiger partial charge < -0.3 is 36.4 Å². The highest BCUT2D eigenvalue weighted by atomic mass is 32.1. The Balaban J connectivity index is 1.49. The van der Waals surface area contributed by atoms with Gasteiger partial charge >= 0.3 is 6.36 Å². The topological polar surface area (TPSA) is 172 Å². The Morgan fingerprint density at radius 2 is 1.77 bits per heavy atom. The number of nitrogen functional groups attached to an aromatic ring is 1. The fraction of sp³-hybridized carbons (Fsp3) is 0.429. The first-order valence-corrected chi connectivity index (χ1v) is 14.3. The van der Waals surface area contributed by atoms with E-state index in [0.717, 1.165) is 4.70 Å². The van der Waals surface area contributed by atoms with E-state index in [9.17, 15) is 28.5 Å². The molecule has 7 N–H and O–H groups in total. The van der Waals surface area contributed by atoms with Crippen LogP contribution in [0.3, 0.4) is 0 Å². The third-order valence-electron chi connectivity index (χ3n) is 7.51. The third-order valence-corrected chi connectivity index (χ3v) is 8.55. The molecule has 0 amide bonds. The van der Waals surface area contributed by atoms with Gasteiger partial charge in [-0.15, -0.1) is 24.5 Å². The average molecular weight is 620 g/mol. The summed E-state index contributed by atoms with van der Waals surface area (Å²) in [6.07, 6.45) is -5.30. The molecule has 43 heavy (non-hydrogen) atoms. The third kappa shape index (κ3) is 6.59. The van der Waals surface area contributed by atoms with Crippen molar-refractivity contribution in [3.8, 4) is 16.3 Å². The van der Waals surface area contributed by atoms with Crippen LogP contribution in [0.5, 0.6) is 5.75 Å². The number of halogens is 3. The SMILES string of the molecule is Cc1nc(N[C@H](C)c2ccc(OC(F)(F)F)cc2)nc(NC2C[C@H](C(C)(C)O)[C@@H](O)[C@H]2O)c1-c1nc2c(N)nccc2s1. The number of fused-ring (bicyclic) bond motifs is 1. The summed E-state index contributed by atoms with van der Waals surface area (Å²) in [6.45, 7) is 6.74. The smallest absolute Gasteiger partial charge is 0.406 e. The average Bonchev–Trinajstić information content (AvgIpc) is 3.45. The number of rotatable bonds is 8. The summed E-state index contributed by atoms with van der Waals surface area (Å²) >= 11 is 1.36. The summed E-state index contributed by atoms with van der Waals surface area (Å²) in [6, 6.07) is 6.18. The molecular weight excluding hydrogens is 587 g/mol. The molecule has 1 aromatic carbocycles. The van der Waals surface area contributed by atoms with Crippen molar-refractivity contribution in [2.75, 3.05) is 16.4 Å². The number of anilines is 3. The van der Waals surface area contributed by atoms with Gasteiger partial charge in [0.05, 0.1) is 39.7 Å². The van der Waals surface area contributed by atoms with Crippen molar-refractivity contribution in [3.05, 3.63) is 47.8 Å². The normalized spacial score (nSPS) is 21.6. The molecule has 0 radical (unpaired) electrons. The molecule has 0 bridgehead atoms. The van der Waals surface area contributed by atoms with Crippen molar-refractivity contribution in [2.24, 2.45) is 5.92 Å². The van der Waals surface area contributed by atoms with Crippen LogP contribution in [0.2, 0.25) is 0 Å². The van der Waals surface area contributed by atoms with Crippen molar-refractivity contribution in [2.45, 2.75) is 70.4 Å². The molecule has 1 saturated carbocycles. The number of aromatic nitrogens is 4. The zero-order chi connectivity index (χ0) is 31.3. The van der Waals surface area contributed by atoms with Gasteiger partial charge in [-0.25, -0.2) is 15.0 Å². The van der Waals surface area contributed by atoms with Crippen LogP contribution in [0.25, 0.3) is 20.8 Å². The minimum Gasteiger partial charge on any atom is -0.406 e. The Labute approximate surface area is 249 Å². The number of benzene rings is 1. The Morgan fingerprint density at radius 1 is 1.07 bits per heavy atom. The molecule has 15 heteroatoms. The molecule has 230 valence electrons. The summed E-state index contributed by atoms with van der Waals surface area (Å²) in [7, 11) is 0. The van der Waals surface area contributed by atoms with Crippen molar-refractivity contribution >= 4 is 39.1 Å².